The monoisotopic (exact) mass is 1870 g/mol. The van der Waals surface area contributed by atoms with Crippen LogP contribution in [0.2, 0.25) is 29.1 Å². The topological polar surface area (TPSA) is 578 Å². The zero-order chi connectivity index (χ0) is 96.5. The van der Waals surface area contributed by atoms with Gasteiger partial charge in [0, 0.05) is 110 Å². The van der Waals surface area contributed by atoms with Gasteiger partial charge in [-0.2, -0.15) is 0 Å². The molecule has 39 nitrogen and oxygen atoms in total. The average Bonchev–Trinajstić information content (AvgIpc) is 0.855. The normalized spacial score (nSPS) is 15.9. The van der Waals surface area contributed by atoms with Crippen LogP contribution in [0.25, 0.3) is 0 Å². The molecule has 5 aliphatic rings. The molecule has 0 saturated heterocycles. The van der Waals surface area contributed by atoms with E-state index in [0.29, 0.717) is 90.8 Å². The van der Waals surface area contributed by atoms with E-state index in [1.165, 1.54) is 24.5 Å². The molecule has 0 fully saturated rings. The lowest BCUT2D eigenvalue weighted by molar-refractivity contribution is -0.161. The van der Waals surface area contributed by atoms with Gasteiger partial charge >= 0.3 is 83.5 Å². The minimum Gasteiger partial charge on any atom is -0.535 e. The molecule has 5 aliphatic heterocycles. The van der Waals surface area contributed by atoms with E-state index in [9.17, 15) is 95.9 Å². The van der Waals surface area contributed by atoms with Gasteiger partial charge in [0.25, 0.3) is 0 Å². The van der Waals surface area contributed by atoms with Crippen molar-refractivity contribution in [2.24, 2.45) is 16.9 Å². The maximum atomic E-state index is 12.4. The van der Waals surface area contributed by atoms with Crippen molar-refractivity contribution < 1.29 is 148 Å². The van der Waals surface area contributed by atoms with Crippen LogP contribution in [0, 0.1) is 5.41 Å². The third-order valence-corrected chi connectivity index (χ3v) is 23.2. The van der Waals surface area contributed by atoms with Gasteiger partial charge in [-0.15, -0.1) is 11.3 Å². The number of ether oxygens (including phenoxy) is 6. The zero-order valence-corrected chi connectivity index (χ0v) is 75.9. The van der Waals surface area contributed by atoms with Crippen molar-refractivity contribution in [1.82, 2.24) is 29.9 Å². The van der Waals surface area contributed by atoms with E-state index in [0.717, 1.165) is 16.0 Å². The van der Waals surface area contributed by atoms with Crippen LogP contribution in [-0.2, 0) is 112 Å². The fraction of sp³-hybridized carbons (Fsp3) is 0.430. The number of ketones is 5. The van der Waals surface area contributed by atoms with Gasteiger partial charge in [0.05, 0.1) is 62.5 Å². The van der Waals surface area contributed by atoms with Gasteiger partial charge in [0.15, 0.2) is 11.6 Å². The van der Waals surface area contributed by atoms with E-state index in [4.69, 9.17) is 63.2 Å². The van der Waals surface area contributed by atoms with E-state index in [-0.39, 0.29) is 165 Å². The number of para-hydroxylation sites is 5. The second-order valence-corrected chi connectivity index (χ2v) is 34.9. The van der Waals surface area contributed by atoms with Crippen molar-refractivity contribution in [2.45, 2.75) is 174 Å². The summed E-state index contributed by atoms with van der Waals surface area (Å²) in [5, 5.41) is 55.7. The van der Waals surface area contributed by atoms with Crippen LogP contribution in [-0.4, -0.2) is 220 Å². The minimum atomic E-state index is -3.45. The quantitative estimate of drug-likeness (QED) is 0.00912. The number of aromatic nitrogens is 3. The summed E-state index contributed by atoms with van der Waals surface area (Å²) in [5.41, 5.74) is 15.6. The molecule has 5 aromatic carbocycles. The first kappa shape index (κ1) is 105. The number of carbonyl (C=O) groups excluding carboxylic acids is 13. The first-order valence-electron chi connectivity index (χ1n) is 42.6. The summed E-state index contributed by atoms with van der Waals surface area (Å²) in [6.07, 6.45) is 10.6. The number of nitrogens with one attached hydrogen (secondary N) is 3. The molecule has 0 spiro atoms. The third kappa shape index (κ3) is 31.7. The lowest BCUT2D eigenvalue weighted by Crippen LogP contribution is -2.38. The fourth-order valence-corrected chi connectivity index (χ4v) is 15.6. The maximum absolute atomic E-state index is 12.4. The van der Waals surface area contributed by atoms with Crippen molar-refractivity contribution in [3.63, 3.8) is 0 Å². The molecule has 0 bridgehead atoms. The number of Topliss-reactive ketones (excluding diaryl/α,β-unsaturated/α-hetero) is 5. The Balaban J connectivity index is 0.000000204. The van der Waals surface area contributed by atoms with Gasteiger partial charge in [-0.3, -0.25) is 33.8 Å². The molecule has 132 heavy (non-hydrogen) atoms. The molecule has 7 heterocycles. The molecule has 46 heteroatoms. The summed E-state index contributed by atoms with van der Waals surface area (Å²) in [6, 6.07) is 23.6. The summed E-state index contributed by atoms with van der Waals surface area (Å²) in [4.78, 5) is 163. The molecule has 7 aromatic rings. The number of aryl methyl sites for hydroxylation is 2. The van der Waals surface area contributed by atoms with Gasteiger partial charge in [-0.05, 0) is 152 Å². The van der Waals surface area contributed by atoms with Crippen LogP contribution in [0.3, 0.4) is 0 Å². The van der Waals surface area contributed by atoms with Crippen molar-refractivity contribution >= 4 is 134 Å². The number of amides is 4. The molecule has 0 aliphatic carbocycles. The molecule has 0 saturated carbocycles. The summed E-state index contributed by atoms with van der Waals surface area (Å²) in [6.45, 7) is 12.4. The number of benzene rings is 5. The Morgan fingerprint density at radius 2 is 0.780 bits per heavy atom. The van der Waals surface area contributed by atoms with Crippen molar-refractivity contribution in [1.29, 1.82) is 0 Å². The number of thiazole rings is 1. The summed E-state index contributed by atoms with van der Waals surface area (Å²) in [5.74, 6) is -5.16. The zero-order valence-electron chi connectivity index (χ0n) is 74.2. The number of sulfonamides is 1. The minimum absolute atomic E-state index is 0.0104. The third-order valence-electron chi connectivity index (χ3n) is 21.0. The SMILES string of the molecule is CC(C)(C)C(=O)OCOC(=O)c1cccc2c1OB(O)[C@@H](CC(=O)CNC(N)=O)C2.CCOC(=O)c1cccc2c1OB(O)[C@@H](CC(=O)CCS(=O)(=O)NC)C2.CCOC(=O)c1cccc2c1OB(O)[C@@H](CC(=O)CCc1cncs1)C2.CCOC(=O)c1cccc2c1OB(O)[C@@H](CC(=O)CCn1ccnc1)C2.CCOC(=O)c1cccc2c1OB(O)[C@@H](CC(=O)CNC(N)=O)C2. The first-order chi connectivity index (χ1) is 62.8. The highest BCUT2D eigenvalue weighted by atomic mass is 32.2. The molecule has 0 radical (unpaired) electrons. The molecule has 0 unspecified atom stereocenters. The van der Waals surface area contributed by atoms with Crippen LogP contribution in [0.1, 0.15) is 184 Å². The van der Waals surface area contributed by atoms with Gasteiger partial charge in [0.1, 0.15) is 73.9 Å². The Hall–Kier alpha value is -12.3. The number of nitrogens with zero attached hydrogens (tertiary/aromatic N) is 3. The van der Waals surface area contributed by atoms with Gasteiger partial charge in [-0.25, -0.2) is 51.7 Å². The van der Waals surface area contributed by atoms with Crippen LogP contribution in [0.15, 0.2) is 121 Å². The summed E-state index contributed by atoms with van der Waals surface area (Å²) >= 11 is 1.53. The van der Waals surface area contributed by atoms with E-state index >= 15 is 0 Å². The second kappa shape index (κ2) is 50.9. The summed E-state index contributed by atoms with van der Waals surface area (Å²) < 4.78 is 84.3. The number of hydrogen-bond donors (Lipinski definition) is 10. The van der Waals surface area contributed by atoms with Crippen molar-refractivity contribution in [3.05, 3.63) is 182 Å². The van der Waals surface area contributed by atoms with Crippen LogP contribution >= 0.6 is 11.3 Å². The lowest BCUT2D eigenvalue weighted by Gasteiger charge is -2.28. The van der Waals surface area contributed by atoms with E-state index < -0.39 is 123 Å². The second-order valence-electron chi connectivity index (χ2n) is 31.9. The van der Waals surface area contributed by atoms with Gasteiger partial charge < -0.3 is 103 Å². The van der Waals surface area contributed by atoms with Crippen molar-refractivity contribution in [3.8, 4) is 28.7 Å². The molecule has 704 valence electrons. The Kier molecular flexibility index (Phi) is 40.5. The van der Waals surface area contributed by atoms with Crippen LogP contribution in [0.4, 0.5) is 9.59 Å². The number of primary amides is 2. The largest absolute Gasteiger partial charge is 0.535 e. The predicted molar refractivity (Wildman–Crippen MR) is 480 cm³/mol. The average molecular weight is 1870 g/mol. The Bertz CT molecular complexity index is 5190. The van der Waals surface area contributed by atoms with Gasteiger partial charge in [0.2, 0.25) is 16.8 Å². The molecule has 2 aromatic heterocycles. The number of hydrogen-bond acceptors (Lipinski definition) is 34. The molecule has 4 amide bonds. The standard InChI is InChI=1S/C19H25BN2O8.C18H21BN2O5.C18H20BNO5S.C16H22BNO7S.C15H19BN2O6/c1-19(2,3)17(25)29-10-28-16(24)14-6-4-5-11-7-12(20(27)30-15(11)14)8-13(23)9-22-18(21)26;1-2-25-18(23)16-5-3-4-13-10-14(19(24)26-17(13)16)11-15(22)6-8-21-9-7-20-12-21;1-2-24-18(22)16-5-3-4-12-8-13(19(23)25-17(12)16)9-14(21)6-7-15-10-20-11-26-15;1-3-24-16(20)14-6-4-5-11-9-12(17(21)25-15(11)14)10-13(19)7-8-26(22,23)18-2;1-2-23-14(20)12-5-3-4-9-6-10(16(22)24-13(9)12)7-11(19)8-18-15(17)21/h4-6,12,27H,7-10H2,1-3H3,(H3,21,22,26);3-5,7,9,12,14,24H,2,6,8,10-11H2,1H3;3-5,10-11,13,23H,2,6-9H2,1H3;4-6,12,18,21H,3,7-10H2,1-2H3;3-5,10,22H,2,6-8H2,1H3,(H3,17,18,21)/t12-;14-;13-;12-;10-/m11111/s1. The lowest BCUT2D eigenvalue weighted by atomic mass is 9.64. The smallest absolute Gasteiger partial charge is 0.526 e. The molecular weight excluding hydrogens is 1760 g/mol. The Labute approximate surface area is 767 Å². The van der Waals surface area contributed by atoms with E-state index in [1.54, 1.807) is 152 Å². The number of urea groups is 2. The highest BCUT2D eigenvalue weighted by Gasteiger charge is 2.44. The van der Waals surface area contributed by atoms with E-state index in [2.05, 4.69) is 25.3 Å². The fourth-order valence-electron chi connectivity index (χ4n) is 14.3. The number of esters is 6. The highest BCUT2D eigenvalue weighted by Crippen LogP contribution is 2.43. The molecule has 5 atom stereocenters. The number of nitrogens with two attached hydrogens (primary N) is 2. The first-order valence-corrected chi connectivity index (χ1v) is 45.1. The molecular formula is C86H107B5N8O31S2. The number of fused-ring (bicyclic) bond motifs is 5. The van der Waals surface area contributed by atoms with Gasteiger partial charge in [-0.1, -0.05) is 60.7 Å². The van der Waals surface area contributed by atoms with Crippen LogP contribution in [0.5, 0.6) is 28.7 Å². The predicted octanol–water partition coefficient (Wildman–Crippen LogP) is 6.22. The Morgan fingerprint density at radius 1 is 0.462 bits per heavy atom. The number of imidazole rings is 1. The number of rotatable bonds is 35. The van der Waals surface area contributed by atoms with Crippen molar-refractivity contribution in [2.75, 3.05) is 59.1 Å². The molecule has 12 rings (SSSR count). The summed E-state index contributed by atoms with van der Waals surface area (Å²) in [7, 11) is -8.24. The van der Waals surface area contributed by atoms with Crippen LogP contribution < -0.4 is 50.1 Å². The maximum Gasteiger partial charge on any atom is 0.526 e. The molecule has 12 N–H and O–H groups in total. The Morgan fingerprint density at radius 3 is 1.07 bits per heavy atom. The van der Waals surface area contributed by atoms with E-state index in [1.807, 2.05) is 16.7 Å². The number of carbonyl (C=O) groups is 13. The highest BCUT2D eigenvalue weighted by molar-refractivity contribution is 7.89.